The molecule has 0 amide bonds. The number of aromatic nitrogens is 3. The Labute approximate surface area is 159 Å². The second-order valence-electron chi connectivity index (χ2n) is 6.92. The molecule has 0 spiro atoms. The fourth-order valence-electron chi connectivity index (χ4n) is 3.74. The molecule has 7 nitrogen and oxygen atoms in total. The number of piperidine rings is 1. The number of rotatable bonds is 7. The molecule has 1 saturated heterocycles. The number of nitriles is 1. The monoisotopic (exact) mass is 369 g/mol. The van der Waals surface area contributed by atoms with E-state index in [-0.39, 0.29) is 5.69 Å². The van der Waals surface area contributed by atoms with Crippen LogP contribution in [0.4, 0.5) is 0 Å². The molecular weight excluding hydrogens is 342 g/mol. The predicted molar refractivity (Wildman–Crippen MR) is 102 cm³/mol. The van der Waals surface area contributed by atoms with E-state index in [4.69, 9.17) is 4.74 Å². The zero-order valence-electron chi connectivity index (χ0n) is 16.1. The Kier molecular flexibility index (Phi) is 6.43. The van der Waals surface area contributed by atoms with Gasteiger partial charge in [-0.2, -0.15) is 10.4 Å². The van der Waals surface area contributed by atoms with Crippen LogP contribution < -0.4 is 5.69 Å². The molecule has 2 aromatic rings. The van der Waals surface area contributed by atoms with Crippen molar-refractivity contribution in [1.82, 2.24) is 19.2 Å². The Bertz CT molecular complexity index is 856. The van der Waals surface area contributed by atoms with E-state index in [0.29, 0.717) is 25.6 Å². The number of methoxy groups -OCH3 is 1. The summed E-state index contributed by atoms with van der Waals surface area (Å²) in [6, 6.07) is 10.0. The maximum atomic E-state index is 12.5. The first-order chi connectivity index (χ1) is 13.2. The maximum absolute atomic E-state index is 12.5. The van der Waals surface area contributed by atoms with Gasteiger partial charge < -0.3 is 4.74 Å². The number of hydrogen-bond donors (Lipinski definition) is 0. The van der Waals surface area contributed by atoms with Gasteiger partial charge in [0.05, 0.1) is 24.8 Å². The van der Waals surface area contributed by atoms with E-state index >= 15 is 0 Å². The zero-order chi connectivity index (χ0) is 19.2. The van der Waals surface area contributed by atoms with Crippen LogP contribution in [-0.2, 0) is 24.4 Å². The third-order valence-corrected chi connectivity index (χ3v) is 5.26. The van der Waals surface area contributed by atoms with Gasteiger partial charge in [0.1, 0.15) is 5.82 Å². The van der Waals surface area contributed by atoms with Crippen LogP contribution in [0.3, 0.4) is 0 Å². The van der Waals surface area contributed by atoms with E-state index in [2.05, 4.69) is 16.1 Å². The van der Waals surface area contributed by atoms with Gasteiger partial charge >= 0.3 is 5.69 Å². The van der Waals surface area contributed by atoms with Gasteiger partial charge in [-0.1, -0.05) is 18.2 Å². The molecule has 0 atom stereocenters. The molecule has 1 aliphatic rings. The van der Waals surface area contributed by atoms with E-state index in [9.17, 15) is 10.1 Å². The number of benzene rings is 1. The largest absolute Gasteiger partial charge is 0.383 e. The lowest BCUT2D eigenvalue weighted by molar-refractivity contribution is 0.181. The third-order valence-electron chi connectivity index (χ3n) is 5.26. The second-order valence-corrected chi connectivity index (χ2v) is 6.92. The molecular formula is C20H27N5O2. The van der Waals surface area contributed by atoms with Crippen molar-refractivity contribution in [1.29, 1.82) is 5.26 Å². The minimum absolute atomic E-state index is 0.0464. The number of likely N-dealkylation sites (tertiary alicyclic amines) is 1. The van der Waals surface area contributed by atoms with Gasteiger partial charge in [0.2, 0.25) is 0 Å². The van der Waals surface area contributed by atoms with E-state index in [1.165, 1.54) is 4.68 Å². The standard InChI is InChI=1S/C20H27N5O2/c1-3-24-19(22-25(20(24)26)12-13-27-2)16-8-10-23(11-9-16)15-18-7-5-4-6-17(18)14-21/h4-7,16H,3,8-13,15H2,1-2H3. The normalized spacial score (nSPS) is 15.7. The zero-order valence-corrected chi connectivity index (χ0v) is 16.1. The SMILES string of the molecule is CCn1c(C2CCN(Cc3ccccc3C#N)CC2)nn(CCOC)c1=O. The van der Waals surface area contributed by atoms with Crippen molar-refractivity contribution in [3.8, 4) is 6.07 Å². The average Bonchev–Trinajstić information content (AvgIpc) is 3.02. The van der Waals surface area contributed by atoms with Gasteiger partial charge in [-0.05, 0) is 44.5 Å². The van der Waals surface area contributed by atoms with Crippen LogP contribution in [0.5, 0.6) is 0 Å². The van der Waals surface area contributed by atoms with Crippen molar-refractivity contribution in [3.63, 3.8) is 0 Å². The number of hydrogen-bond acceptors (Lipinski definition) is 5. The summed E-state index contributed by atoms with van der Waals surface area (Å²) in [4.78, 5) is 14.9. The van der Waals surface area contributed by atoms with Gasteiger partial charge in [-0.15, -0.1) is 0 Å². The summed E-state index contributed by atoms with van der Waals surface area (Å²) < 4.78 is 8.40. The molecule has 1 fully saturated rings. The first-order valence-electron chi connectivity index (χ1n) is 9.54. The van der Waals surface area contributed by atoms with Crippen molar-refractivity contribution < 1.29 is 4.74 Å². The van der Waals surface area contributed by atoms with Crippen molar-refractivity contribution in [2.75, 3.05) is 26.8 Å². The highest BCUT2D eigenvalue weighted by atomic mass is 16.5. The molecule has 1 aromatic carbocycles. The minimum Gasteiger partial charge on any atom is -0.383 e. The summed E-state index contributed by atoms with van der Waals surface area (Å²) in [5.41, 5.74) is 1.78. The minimum atomic E-state index is -0.0464. The van der Waals surface area contributed by atoms with E-state index in [1.54, 1.807) is 11.7 Å². The van der Waals surface area contributed by atoms with Crippen molar-refractivity contribution >= 4 is 0 Å². The van der Waals surface area contributed by atoms with Crippen LogP contribution in [0, 0.1) is 11.3 Å². The van der Waals surface area contributed by atoms with E-state index < -0.39 is 0 Å². The van der Waals surface area contributed by atoms with Crippen LogP contribution >= 0.6 is 0 Å². The Morgan fingerprint density at radius 2 is 2.04 bits per heavy atom. The number of ether oxygens (including phenoxy) is 1. The smallest absolute Gasteiger partial charge is 0.345 e. The average molecular weight is 369 g/mol. The Hall–Kier alpha value is -2.43. The van der Waals surface area contributed by atoms with Gasteiger partial charge in [-0.25, -0.2) is 9.48 Å². The van der Waals surface area contributed by atoms with Crippen LogP contribution in [0.25, 0.3) is 0 Å². The summed E-state index contributed by atoms with van der Waals surface area (Å²) in [5.74, 6) is 1.19. The molecule has 1 aliphatic heterocycles. The Morgan fingerprint density at radius 3 is 2.70 bits per heavy atom. The molecule has 144 valence electrons. The molecule has 27 heavy (non-hydrogen) atoms. The molecule has 0 saturated carbocycles. The van der Waals surface area contributed by atoms with Crippen LogP contribution in [-0.4, -0.2) is 46.1 Å². The molecule has 7 heteroatoms. The van der Waals surface area contributed by atoms with Gasteiger partial charge in [0.15, 0.2) is 0 Å². The fourth-order valence-corrected chi connectivity index (χ4v) is 3.74. The van der Waals surface area contributed by atoms with E-state index in [0.717, 1.165) is 49.4 Å². The molecule has 0 aliphatic carbocycles. The molecule has 0 bridgehead atoms. The van der Waals surface area contributed by atoms with Crippen LogP contribution in [0.1, 0.15) is 42.6 Å². The molecule has 0 radical (unpaired) electrons. The van der Waals surface area contributed by atoms with Crippen LogP contribution in [0.15, 0.2) is 29.1 Å². The highest BCUT2D eigenvalue weighted by molar-refractivity contribution is 5.37. The third kappa shape index (κ3) is 4.29. The van der Waals surface area contributed by atoms with E-state index in [1.807, 2.05) is 31.2 Å². The number of nitrogens with zero attached hydrogens (tertiary/aromatic N) is 5. The summed E-state index contributed by atoms with van der Waals surface area (Å²) in [6.07, 6.45) is 1.94. The lowest BCUT2D eigenvalue weighted by Crippen LogP contribution is -2.34. The molecule has 3 rings (SSSR count). The van der Waals surface area contributed by atoms with Gasteiger partial charge in [-0.3, -0.25) is 9.47 Å². The van der Waals surface area contributed by atoms with Crippen molar-refractivity contribution in [2.45, 2.75) is 45.3 Å². The molecule has 2 heterocycles. The lowest BCUT2D eigenvalue weighted by atomic mass is 9.95. The molecule has 0 N–H and O–H groups in total. The first kappa shape index (κ1) is 19.3. The van der Waals surface area contributed by atoms with Crippen molar-refractivity contribution in [3.05, 3.63) is 51.7 Å². The highest BCUT2D eigenvalue weighted by Gasteiger charge is 2.26. The maximum Gasteiger partial charge on any atom is 0.345 e. The first-order valence-corrected chi connectivity index (χ1v) is 9.54. The molecule has 0 unspecified atom stereocenters. The van der Waals surface area contributed by atoms with Gasteiger partial charge in [0, 0.05) is 26.1 Å². The van der Waals surface area contributed by atoms with Gasteiger partial charge in [0.25, 0.3) is 0 Å². The topological polar surface area (TPSA) is 76.1 Å². The van der Waals surface area contributed by atoms with Crippen LogP contribution in [0.2, 0.25) is 0 Å². The predicted octanol–water partition coefficient (Wildman–Crippen LogP) is 1.96. The lowest BCUT2D eigenvalue weighted by Gasteiger charge is -2.31. The quantitative estimate of drug-likeness (QED) is 0.746. The summed E-state index contributed by atoms with van der Waals surface area (Å²) in [5, 5.41) is 13.9. The highest BCUT2D eigenvalue weighted by Crippen LogP contribution is 2.27. The summed E-state index contributed by atoms with van der Waals surface area (Å²) >= 11 is 0. The van der Waals surface area contributed by atoms with Crippen molar-refractivity contribution in [2.24, 2.45) is 0 Å². The summed E-state index contributed by atoms with van der Waals surface area (Å²) in [7, 11) is 1.63. The second kappa shape index (κ2) is 8.98. The Morgan fingerprint density at radius 1 is 1.30 bits per heavy atom. The Balaban J connectivity index is 1.67. The summed E-state index contributed by atoms with van der Waals surface area (Å²) in [6.45, 7) is 6.26. The molecule has 1 aromatic heterocycles. The fraction of sp³-hybridized carbons (Fsp3) is 0.550.